The Balaban J connectivity index is 2.93. The average Bonchev–Trinajstić information content (AvgIpc) is 2.31. The fraction of sp³-hybridized carbons (Fsp3) is 0.500. The van der Waals surface area contributed by atoms with Crippen molar-refractivity contribution in [1.82, 2.24) is 4.90 Å². The molecule has 1 aromatic rings. The van der Waals surface area contributed by atoms with Gasteiger partial charge in [-0.1, -0.05) is 40.5 Å². The van der Waals surface area contributed by atoms with Crippen LogP contribution in [0, 0.1) is 0 Å². The summed E-state index contributed by atoms with van der Waals surface area (Å²) in [5.41, 5.74) is 0.447. The van der Waals surface area contributed by atoms with Crippen LogP contribution in [0.1, 0.15) is 25.8 Å². The molecule has 0 amide bonds. The summed E-state index contributed by atoms with van der Waals surface area (Å²) in [5.74, 6) is 0.194. The molecule has 0 saturated heterocycles. The number of benzene rings is 1. The van der Waals surface area contributed by atoms with Crippen molar-refractivity contribution in [3.63, 3.8) is 0 Å². The molecule has 0 spiro atoms. The van der Waals surface area contributed by atoms with Crippen molar-refractivity contribution in [2.24, 2.45) is 0 Å². The largest absolute Gasteiger partial charge is 0.297 e. The van der Waals surface area contributed by atoms with Crippen LogP contribution >= 0.6 is 27.5 Å². The Bertz CT molecular complexity index is 447. The zero-order valence-electron chi connectivity index (χ0n) is 11.3. The second kappa shape index (κ2) is 6.18. The lowest BCUT2D eigenvalue weighted by atomic mass is 9.88. The first-order valence-electron chi connectivity index (χ1n) is 5.96. The van der Waals surface area contributed by atoms with E-state index >= 15 is 0 Å². The van der Waals surface area contributed by atoms with E-state index in [1.54, 1.807) is 0 Å². The van der Waals surface area contributed by atoms with Gasteiger partial charge in [-0.3, -0.25) is 9.69 Å². The zero-order valence-corrected chi connectivity index (χ0v) is 13.6. The highest BCUT2D eigenvalue weighted by Gasteiger charge is 2.33. The lowest BCUT2D eigenvalue weighted by Gasteiger charge is -2.34. The van der Waals surface area contributed by atoms with Gasteiger partial charge in [0.2, 0.25) is 0 Å². The van der Waals surface area contributed by atoms with E-state index < -0.39 is 5.54 Å². The fourth-order valence-corrected chi connectivity index (χ4v) is 2.53. The van der Waals surface area contributed by atoms with Crippen molar-refractivity contribution in [1.29, 1.82) is 0 Å². The van der Waals surface area contributed by atoms with E-state index in [9.17, 15) is 4.79 Å². The first-order valence-corrected chi connectivity index (χ1v) is 7.13. The van der Waals surface area contributed by atoms with Gasteiger partial charge < -0.3 is 0 Å². The molecular weight excluding hydrogens is 314 g/mol. The van der Waals surface area contributed by atoms with Gasteiger partial charge in [0.1, 0.15) is 0 Å². The fourth-order valence-electron chi connectivity index (χ4n) is 1.79. The summed E-state index contributed by atoms with van der Waals surface area (Å²) in [6.07, 6.45) is 1.15. The Morgan fingerprint density at radius 1 is 1.44 bits per heavy atom. The maximum absolute atomic E-state index is 12.4. The molecule has 0 aliphatic carbocycles. The van der Waals surface area contributed by atoms with Crippen LogP contribution in [0.25, 0.3) is 0 Å². The van der Waals surface area contributed by atoms with Crippen LogP contribution in [0.4, 0.5) is 0 Å². The minimum absolute atomic E-state index is 0.194. The molecule has 0 heterocycles. The van der Waals surface area contributed by atoms with E-state index in [0.717, 1.165) is 16.5 Å². The van der Waals surface area contributed by atoms with Crippen LogP contribution in [-0.4, -0.2) is 30.3 Å². The first-order chi connectivity index (χ1) is 8.31. The zero-order chi connectivity index (χ0) is 13.9. The monoisotopic (exact) mass is 331 g/mol. The molecule has 0 N–H and O–H groups in total. The molecule has 0 aliphatic rings. The van der Waals surface area contributed by atoms with Crippen molar-refractivity contribution in [2.45, 2.75) is 32.2 Å². The van der Waals surface area contributed by atoms with E-state index in [1.807, 2.05) is 51.0 Å². The summed E-state index contributed by atoms with van der Waals surface area (Å²) in [7, 11) is 3.87. The highest BCUT2D eigenvalue weighted by atomic mass is 79.9. The van der Waals surface area contributed by atoms with Crippen LogP contribution in [0.5, 0.6) is 0 Å². The summed E-state index contributed by atoms with van der Waals surface area (Å²) < 4.78 is 0.926. The molecule has 1 aromatic carbocycles. The minimum atomic E-state index is -0.434. The van der Waals surface area contributed by atoms with Crippen molar-refractivity contribution in [3.05, 3.63) is 33.3 Å². The lowest BCUT2D eigenvalue weighted by Crippen LogP contribution is -2.48. The van der Waals surface area contributed by atoms with Gasteiger partial charge in [-0.2, -0.15) is 0 Å². The van der Waals surface area contributed by atoms with Crippen LogP contribution in [0.15, 0.2) is 22.7 Å². The Hall–Kier alpha value is -0.380. The smallest absolute Gasteiger partial charge is 0.157 e. The average molecular weight is 333 g/mol. The molecule has 0 bridgehead atoms. The maximum Gasteiger partial charge on any atom is 0.157 e. The van der Waals surface area contributed by atoms with Gasteiger partial charge in [-0.05, 0) is 45.1 Å². The molecule has 1 rings (SSSR count). The molecule has 4 heteroatoms. The van der Waals surface area contributed by atoms with Gasteiger partial charge in [0, 0.05) is 15.9 Å². The Labute approximate surface area is 122 Å². The van der Waals surface area contributed by atoms with Crippen molar-refractivity contribution in [2.75, 3.05) is 14.1 Å². The van der Waals surface area contributed by atoms with Crippen molar-refractivity contribution in [3.8, 4) is 0 Å². The topological polar surface area (TPSA) is 20.3 Å². The molecule has 18 heavy (non-hydrogen) atoms. The number of rotatable bonds is 5. The molecule has 2 nitrogen and oxygen atoms in total. The third kappa shape index (κ3) is 3.34. The summed E-state index contributed by atoms with van der Waals surface area (Å²) in [6, 6.07) is 5.63. The third-order valence-electron chi connectivity index (χ3n) is 3.64. The number of Topliss-reactive ketones (excluding diaryl/α,β-unsaturated/α-hetero) is 1. The number of ketones is 1. The van der Waals surface area contributed by atoms with E-state index in [4.69, 9.17) is 11.6 Å². The second-order valence-electron chi connectivity index (χ2n) is 4.86. The number of carbonyl (C=O) groups excluding carboxylic acids is 1. The molecule has 100 valence electrons. The molecule has 0 aliphatic heterocycles. The maximum atomic E-state index is 12.4. The van der Waals surface area contributed by atoms with Gasteiger partial charge in [-0.25, -0.2) is 0 Å². The quantitative estimate of drug-likeness (QED) is 0.814. The Kier molecular flexibility index (Phi) is 5.38. The van der Waals surface area contributed by atoms with Crippen LogP contribution in [0.2, 0.25) is 5.02 Å². The predicted octanol–water partition coefficient (Wildman–Crippen LogP) is 3.94. The number of carbonyl (C=O) groups is 1. The third-order valence-corrected chi connectivity index (χ3v) is 4.49. The molecule has 0 radical (unpaired) electrons. The van der Waals surface area contributed by atoms with Gasteiger partial charge >= 0.3 is 0 Å². The van der Waals surface area contributed by atoms with Crippen LogP contribution in [0.3, 0.4) is 0 Å². The van der Waals surface area contributed by atoms with Crippen LogP contribution in [-0.2, 0) is 11.2 Å². The predicted molar refractivity (Wildman–Crippen MR) is 80.2 cm³/mol. The van der Waals surface area contributed by atoms with Gasteiger partial charge in [0.25, 0.3) is 0 Å². The number of halogens is 2. The summed E-state index contributed by atoms with van der Waals surface area (Å²) in [5, 5.41) is 0.634. The minimum Gasteiger partial charge on any atom is -0.297 e. The van der Waals surface area contributed by atoms with E-state index in [-0.39, 0.29) is 5.78 Å². The number of nitrogens with zero attached hydrogens (tertiary/aromatic N) is 1. The van der Waals surface area contributed by atoms with Gasteiger partial charge in [0.15, 0.2) is 5.78 Å². The van der Waals surface area contributed by atoms with E-state index in [1.165, 1.54) is 0 Å². The number of hydrogen-bond donors (Lipinski definition) is 0. The van der Waals surface area contributed by atoms with Gasteiger partial charge in [-0.15, -0.1) is 0 Å². The number of likely N-dealkylation sites (N-methyl/N-ethyl adjacent to an activating group) is 1. The molecule has 0 fully saturated rings. The lowest BCUT2D eigenvalue weighted by molar-refractivity contribution is -0.128. The molecule has 0 saturated carbocycles. The first kappa shape index (κ1) is 15.7. The molecule has 1 atom stereocenters. The number of hydrogen-bond acceptors (Lipinski definition) is 2. The van der Waals surface area contributed by atoms with Gasteiger partial charge in [0.05, 0.1) is 5.54 Å². The van der Waals surface area contributed by atoms with E-state index in [2.05, 4.69) is 15.9 Å². The Morgan fingerprint density at radius 3 is 2.50 bits per heavy atom. The van der Waals surface area contributed by atoms with Crippen molar-refractivity contribution >= 4 is 33.3 Å². The van der Waals surface area contributed by atoms with Crippen molar-refractivity contribution < 1.29 is 4.79 Å². The second-order valence-corrected chi connectivity index (χ2v) is 6.18. The molecular formula is C14H19BrClNO. The normalized spacial score (nSPS) is 14.6. The summed E-state index contributed by atoms with van der Waals surface area (Å²) >= 11 is 9.51. The summed E-state index contributed by atoms with van der Waals surface area (Å²) in [4.78, 5) is 14.4. The van der Waals surface area contributed by atoms with Crippen LogP contribution < -0.4 is 0 Å². The standard InChI is InChI=1S/C14H19BrClNO/c1-5-14(2,17(3)4)13(18)8-10-6-7-11(15)9-12(10)16/h6-7,9H,5,8H2,1-4H3. The molecule has 1 unspecified atom stereocenters. The van der Waals surface area contributed by atoms with E-state index in [0.29, 0.717) is 11.4 Å². The highest BCUT2D eigenvalue weighted by Crippen LogP contribution is 2.25. The highest BCUT2D eigenvalue weighted by molar-refractivity contribution is 9.10. The SMILES string of the molecule is CCC(C)(C(=O)Cc1ccc(Br)cc1Cl)N(C)C. The summed E-state index contributed by atoms with van der Waals surface area (Å²) in [6.45, 7) is 4.00. The molecule has 0 aromatic heterocycles. The Morgan fingerprint density at radius 2 is 2.06 bits per heavy atom.